The molecule has 1 aromatic carbocycles. The van der Waals surface area contributed by atoms with E-state index in [1.54, 1.807) is 13.8 Å². The summed E-state index contributed by atoms with van der Waals surface area (Å²) in [4.78, 5) is 27.5. The number of Topliss-reactive ketones (excluding diaryl/α,β-unsaturated/α-hetero) is 1. The lowest BCUT2D eigenvalue weighted by Gasteiger charge is -2.37. The summed E-state index contributed by atoms with van der Waals surface area (Å²) in [6.07, 6.45) is -0.876. The van der Waals surface area contributed by atoms with Crippen LogP contribution in [0.15, 0.2) is 0 Å². The molecule has 0 spiro atoms. The highest BCUT2D eigenvalue weighted by Gasteiger charge is 2.43. The van der Waals surface area contributed by atoms with Crippen molar-refractivity contribution < 1.29 is 19.4 Å². The van der Waals surface area contributed by atoms with Gasteiger partial charge < -0.3 is 19.6 Å². The molecule has 2 aliphatic rings. The van der Waals surface area contributed by atoms with Crippen LogP contribution in [0.25, 0.3) is 0 Å². The molecule has 0 saturated carbocycles. The van der Waals surface area contributed by atoms with E-state index in [2.05, 4.69) is 4.90 Å². The maximum Gasteiger partial charge on any atom is 0.407 e. The zero-order valence-electron chi connectivity index (χ0n) is 14.9. The van der Waals surface area contributed by atoms with Gasteiger partial charge in [0.1, 0.15) is 5.75 Å². The van der Waals surface area contributed by atoms with Crippen LogP contribution in [0.4, 0.5) is 10.5 Å². The van der Waals surface area contributed by atoms with Gasteiger partial charge in [0.2, 0.25) is 5.78 Å². The number of carboxylic acid groups (broad SMARTS) is 1. The molecule has 2 aliphatic heterocycles. The third-order valence-corrected chi connectivity index (χ3v) is 5.21. The molecular weight excluding hydrogens is 308 g/mol. The highest BCUT2D eigenvalue weighted by atomic mass is 16.5. The van der Waals surface area contributed by atoms with Crippen molar-refractivity contribution in [1.29, 1.82) is 0 Å². The van der Waals surface area contributed by atoms with E-state index in [1.165, 1.54) is 4.90 Å². The number of hydrogen-bond donors (Lipinski definition) is 1. The minimum Gasteiger partial charge on any atom is -0.479 e. The predicted octanol–water partition coefficient (Wildman–Crippen LogP) is 2.77. The number of anilines is 1. The predicted molar refractivity (Wildman–Crippen MR) is 91.5 cm³/mol. The lowest BCUT2D eigenvalue weighted by molar-refractivity contribution is 0.0683. The minimum atomic E-state index is -0.876. The maximum atomic E-state index is 12.7. The first-order valence-corrected chi connectivity index (χ1v) is 8.25. The number of rotatable bonds is 1. The number of piperazine rings is 1. The second kappa shape index (κ2) is 5.40. The first-order chi connectivity index (χ1) is 11.1. The summed E-state index contributed by atoms with van der Waals surface area (Å²) in [5.74, 6) is 0.719. The molecular formula is C18H24N2O4. The van der Waals surface area contributed by atoms with Crippen molar-refractivity contribution >= 4 is 17.6 Å². The van der Waals surface area contributed by atoms with Gasteiger partial charge in [-0.2, -0.15) is 0 Å². The smallest absolute Gasteiger partial charge is 0.407 e. The number of amides is 1. The Morgan fingerprint density at radius 2 is 1.62 bits per heavy atom. The standard InChI is InChI=1S/C18H24N2O4/c1-10-11(2)15-13(16(21)18(4,5)24-15)12(3)14(10)19-6-8-20(9-7-19)17(22)23/h6-9H2,1-5H3,(H,22,23). The fourth-order valence-electron chi connectivity index (χ4n) is 3.70. The normalized spacial score (nSPS) is 19.3. The van der Waals surface area contributed by atoms with Crippen LogP contribution in [-0.4, -0.2) is 53.7 Å². The number of benzene rings is 1. The minimum absolute atomic E-state index is 0.0171. The molecule has 2 heterocycles. The van der Waals surface area contributed by atoms with Crippen LogP contribution in [0, 0.1) is 20.8 Å². The number of fused-ring (bicyclic) bond motifs is 1. The molecule has 1 aromatic rings. The van der Waals surface area contributed by atoms with Crippen molar-refractivity contribution in [2.45, 2.75) is 40.2 Å². The summed E-state index contributed by atoms with van der Waals surface area (Å²) < 4.78 is 5.94. The summed E-state index contributed by atoms with van der Waals surface area (Å²) in [6.45, 7) is 11.8. The Kier molecular flexibility index (Phi) is 3.73. The van der Waals surface area contributed by atoms with Gasteiger partial charge in [-0.05, 0) is 51.3 Å². The van der Waals surface area contributed by atoms with E-state index in [0.29, 0.717) is 37.5 Å². The van der Waals surface area contributed by atoms with Gasteiger partial charge in [0.25, 0.3) is 0 Å². The van der Waals surface area contributed by atoms with Gasteiger partial charge in [-0.1, -0.05) is 0 Å². The van der Waals surface area contributed by atoms with Crippen LogP contribution in [0.3, 0.4) is 0 Å². The topological polar surface area (TPSA) is 70.1 Å². The number of hydrogen-bond acceptors (Lipinski definition) is 4. The first kappa shape index (κ1) is 16.6. The van der Waals surface area contributed by atoms with Crippen LogP contribution < -0.4 is 9.64 Å². The third kappa shape index (κ3) is 2.32. The van der Waals surface area contributed by atoms with E-state index < -0.39 is 11.7 Å². The Balaban J connectivity index is 2.03. The molecule has 130 valence electrons. The largest absolute Gasteiger partial charge is 0.479 e. The summed E-state index contributed by atoms with van der Waals surface area (Å²) in [5, 5.41) is 9.11. The number of ether oxygens (including phenoxy) is 1. The number of carbonyl (C=O) groups is 2. The first-order valence-electron chi connectivity index (χ1n) is 8.25. The zero-order chi connectivity index (χ0) is 17.8. The van der Waals surface area contributed by atoms with Crippen LogP contribution in [0.1, 0.15) is 40.9 Å². The van der Waals surface area contributed by atoms with Crippen LogP contribution >= 0.6 is 0 Å². The van der Waals surface area contributed by atoms with Gasteiger partial charge in [0.15, 0.2) is 5.60 Å². The molecule has 6 nitrogen and oxygen atoms in total. The molecule has 0 bridgehead atoms. The highest BCUT2D eigenvalue weighted by molar-refractivity contribution is 6.09. The average Bonchev–Trinajstić information content (AvgIpc) is 2.76. The van der Waals surface area contributed by atoms with Crippen molar-refractivity contribution in [3.8, 4) is 5.75 Å². The summed E-state index contributed by atoms with van der Waals surface area (Å²) >= 11 is 0. The van der Waals surface area contributed by atoms with Crippen molar-refractivity contribution in [3.05, 3.63) is 22.3 Å². The Morgan fingerprint density at radius 3 is 2.17 bits per heavy atom. The molecule has 0 radical (unpaired) electrons. The fourth-order valence-corrected chi connectivity index (χ4v) is 3.70. The van der Waals surface area contributed by atoms with Crippen LogP contribution in [0.5, 0.6) is 5.75 Å². The molecule has 1 N–H and O–H groups in total. The fraction of sp³-hybridized carbons (Fsp3) is 0.556. The molecule has 1 fully saturated rings. The molecule has 0 aromatic heterocycles. The Labute approximate surface area is 142 Å². The molecule has 0 unspecified atom stereocenters. The van der Waals surface area contributed by atoms with Gasteiger partial charge in [-0.25, -0.2) is 4.79 Å². The number of ketones is 1. The number of carbonyl (C=O) groups excluding carboxylic acids is 1. The monoisotopic (exact) mass is 332 g/mol. The van der Waals surface area contributed by atoms with Gasteiger partial charge in [0.05, 0.1) is 5.56 Å². The van der Waals surface area contributed by atoms with E-state index >= 15 is 0 Å². The highest BCUT2D eigenvalue weighted by Crippen LogP contribution is 2.45. The van der Waals surface area contributed by atoms with Crippen molar-refractivity contribution in [2.75, 3.05) is 31.1 Å². The van der Waals surface area contributed by atoms with Crippen molar-refractivity contribution in [2.24, 2.45) is 0 Å². The summed E-state index contributed by atoms with van der Waals surface area (Å²) in [6, 6.07) is 0. The van der Waals surface area contributed by atoms with Crippen molar-refractivity contribution in [3.63, 3.8) is 0 Å². The molecule has 1 saturated heterocycles. The summed E-state index contributed by atoms with van der Waals surface area (Å²) in [5.41, 5.74) is 3.92. The number of nitrogens with zero attached hydrogens (tertiary/aromatic N) is 2. The second-order valence-electron chi connectivity index (χ2n) is 7.13. The van der Waals surface area contributed by atoms with Crippen LogP contribution in [-0.2, 0) is 0 Å². The molecule has 0 atom stereocenters. The van der Waals surface area contributed by atoms with E-state index in [-0.39, 0.29) is 5.78 Å². The Morgan fingerprint density at radius 1 is 1.04 bits per heavy atom. The SMILES string of the molecule is Cc1c(C)c(N2CCN(C(=O)O)CC2)c(C)c2c1OC(C)(C)C2=O. The van der Waals surface area contributed by atoms with Crippen molar-refractivity contribution in [1.82, 2.24) is 4.90 Å². The molecule has 0 aliphatic carbocycles. The maximum absolute atomic E-state index is 12.7. The molecule has 3 rings (SSSR count). The quantitative estimate of drug-likeness (QED) is 0.856. The lowest BCUT2D eigenvalue weighted by atomic mass is 9.91. The van der Waals surface area contributed by atoms with E-state index in [0.717, 1.165) is 22.4 Å². The van der Waals surface area contributed by atoms with Gasteiger partial charge in [-0.3, -0.25) is 4.79 Å². The Bertz CT molecular complexity index is 731. The molecule has 24 heavy (non-hydrogen) atoms. The molecule has 1 amide bonds. The van der Waals surface area contributed by atoms with E-state index in [4.69, 9.17) is 9.84 Å². The summed E-state index contributed by atoms with van der Waals surface area (Å²) in [7, 11) is 0. The second-order valence-corrected chi connectivity index (χ2v) is 7.13. The van der Waals surface area contributed by atoms with Gasteiger partial charge in [0, 0.05) is 31.9 Å². The van der Waals surface area contributed by atoms with E-state index in [1.807, 2.05) is 20.8 Å². The average molecular weight is 332 g/mol. The van der Waals surface area contributed by atoms with E-state index in [9.17, 15) is 9.59 Å². The van der Waals surface area contributed by atoms with Crippen LogP contribution in [0.2, 0.25) is 0 Å². The van der Waals surface area contributed by atoms with Gasteiger partial charge >= 0.3 is 6.09 Å². The Hall–Kier alpha value is -2.24. The van der Waals surface area contributed by atoms with Gasteiger partial charge in [-0.15, -0.1) is 0 Å². The molecule has 6 heteroatoms. The zero-order valence-corrected chi connectivity index (χ0v) is 14.9. The third-order valence-electron chi connectivity index (χ3n) is 5.21. The lowest BCUT2D eigenvalue weighted by Crippen LogP contribution is -2.48.